The van der Waals surface area contributed by atoms with Crippen LogP contribution in [0.1, 0.15) is 24.9 Å². The third kappa shape index (κ3) is 4.14. The molecule has 0 aliphatic heterocycles. The third-order valence-corrected chi connectivity index (χ3v) is 5.57. The lowest BCUT2D eigenvalue weighted by Gasteiger charge is -2.15. The summed E-state index contributed by atoms with van der Waals surface area (Å²) in [4.78, 5) is 12.5. The Bertz CT molecular complexity index is 1020. The van der Waals surface area contributed by atoms with Gasteiger partial charge in [0.05, 0.1) is 10.9 Å². The summed E-state index contributed by atoms with van der Waals surface area (Å²) in [7, 11) is -3.21. The minimum absolute atomic E-state index is 0.0394. The fourth-order valence-corrected chi connectivity index (χ4v) is 3.59. The fraction of sp³-hybridized carbons (Fsp3) is 0.250. The van der Waals surface area contributed by atoms with Crippen LogP contribution in [0, 0.1) is 0 Å². The lowest BCUT2D eigenvalue weighted by atomic mass is 10.1. The maximum Gasteiger partial charge on any atom is 0.222 e. The molecule has 0 saturated heterocycles. The zero-order chi connectivity index (χ0) is 18.7. The summed E-state index contributed by atoms with van der Waals surface area (Å²) in [6.07, 6.45) is 3.55. The highest BCUT2D eigenvalue weighted by Gasteiger charge is 2.12. The zero-order valence-corrected chi connectivity index (χ0v) is 15.7. The van der Waals surface area contributed by atoms with Crippen molar-refractivity contribution < 1.29 is 13.2 Å². The Morgan fingerprint density at radius 3 is 2.46 bits per heavy atom. The molecule has 6 heteroatoms. The Labute approximate surface area is 153 Å². The molecule has 0 aliphatic carbocycles. The Kier molecular flexibility index (Phi) is 5.13. The summed E-state index contributed by atoms with van der Waals surface area (Å²) >= 11 is 0. The van der Waals surface area contributed by atoms with Gasteiger partial charge in [-0.05, 0) is 42.1 Å². The van der Waals surface area contributed by atoms with Gasteiger partial charge in [-0.2, -0.15) is 0 Å². The lowest BCUT2D eigenvalue weighted by Crippen LogP contribution is -2.27. The lowest BCUT2D eigenvalue weighted by molar-refractivity contribution is -0.121. The number of aromatic nitrogens is 1. The molecule has 3 aromatic rings. The molecule has 0 aliphatic rings. The number of nitrogens with one attached hydrogen (secondary N) is 1. The van der Waals surface area contributed by atoms with E-state index in [-0.39, 0.29) is 16.8 Å². The summed E-state index contributed by atoms with van der Waals surface area (Å²) in [5.41, 5.74) is 1.99. The van der Waals surface area contributed by atoms with Crippen molar-refractivity contribution in [3.05, 3.63) is 66.4 Å². The van der Waals surface area contributed by atoms with Gasteiger partial charge in [-0.15, -0.1) is 0 Å². The molecule has 0 unspecified atom stereocenters. The number of sulfone groups is 1. The first-order valence-corrected chi connectivity index (χ1v) is 10.4. The van der Waals surface area contributed by atoms with Crippen molar-refractivity contribution in [3.63, 3.8) is 0 Å². The van der Waals surface area contributed by atoms with Gasteiger partial charge in [-0.3, -0.25) is 4.79 Å². The van der Waals surface area contributed by atoms with E-state index in [1.807, 2.05) is 43.5 Å². The van der Waals surface area contributed by atoms with E-state index in [1.54, 1.807) is 24.3 Å². The molecule has 1 heterocycles. The number of hydrogen-bond donors (Lipinski definition) is 1. The normalized spacial score (nSPS) is 12.8. The van der Waals surface area contributed by atoms with Crippen LogP contribution in [-0.4, -0.2) is 25.1 Å². The average molecular weight is 370 g/mol. The molecule has 0 fully saturated rings. The molecule has 0 radical (unpaired) electrons. The van der Waals surface area contributed by atoms with E-state index in [1.165, 1.54) is 6.26 Å². The number of rotatable bonds is 6. The maximum atomic E-state index is 12.3. The summed E-state index contributed by atoms with van der Waals surface area (Å²) in [5, 5.41) is 4.12. The molecular formula is C20H22N2O3S. The van der Waals surface area contributed by atoms with Crippen LogP contribution in [0.15, 0.2) is 65.7 Å². The van der Waals surface area contributed by atoms with Crippen LogP contribution < -0.4 is 5.32 Å². The topological polar surface area (TPSA) is 68.2 Å². The molecule has 26 heavy (non-hydrogen) atoms. The Balaban J connectivity index is 1.59. The number of hydrogen-bond acceptors (Lipinski definition) is 3. The molecule has 0 saturated carbocycles. The van der Waals surface area contributed by atoms with Crippen molar-refractivity contribution in [2.45, 2.75) is 30.8 Å². The van der Waals surface area contributed by atoms with E-state index in [4.69, 9.17) is 0 Å². The molecule has 1 atom stereocenters. The second-order valence-electron chi connectivity index (χ2n) is 6.45. The zero-order valence-electron chi connectivity index (χ0n) is 14.8. The molecule has 3 rings (SSSR count). The van der Waals surface area contributed by atoms with E-state index in [2.05, 4.69) is 9.88 Å². The number of nitrogens with zero attached hydrogens (tertiary/aromatic N) is 1. The number of amides is 1. The Hall–Kier alpha value is -2.60. The first kappa shape index (κ1) is 18.2. The third-order valence-electron chi connectivity index (χ3n) is 4.45. The highest BCUT2D eigenvalue weighted by molar-refractivity contribution is 7.90. The SMILES string of the molecule is C[C@@H](NC(=O)CCn1ccc2ccccc21)c1ccc(S(C)(=O)=O)cc1. The first-order chi connectivity index (χ1) is 12.3. The second-order valence-corrected chi connectivity index (χ2v) is 8.46. The van der Waals surface area contributed by atoms with E-state index < -0.39 is 9.84 Å². The second kappa shape index (κ2) is 7.33. The molecule has 0 spiro atoms. The van der Waals surface area contributed by atoms with E-state index >= 15 is 0 Å². The number of carbonyl (C=O) groups is 1. The molecular weight excluding hydrogens is 348 g/mol. The Morgan fingerprint density at radius 2 is 1.77 bits per heavy atom. The van der Waals surface area contributed by atoms with Gasteiger partial charge < -0.3 is 9.88 Å². The van der Waals surface area contributed by atoms with Crippen molar-refractivity contribution >= 4 is 26.6 Å². The first-order valence-electron chi connectivity index (χ1n) is 8.48. The molecule has 1 aromatic heterocycles. The van der Waals surface area contributed by atoms with Crippen molar-refractivity contribution in [1.82, 2.24) is 9.88 Å². The molecule has 1 amide bonds. The van der Waals surface area contributed by atoms with Gasteiger partial charge in [-0.25, -0.2) is 8.42 Å². The van der Waals surface area contributed by atoms with E-state index in [9.17, 15) is 13.2 Å². The molecule has 1 N–H and O–H groups in total. The molecule has 5 nitrogen and oxygen atoms in total. The minimum Gasteiger partial charge on any atom is -0.350 e. The van der Waals surface area contributed by atoms with Crippen LogP contribution in [0.25, 0.3) is 10.9 Å². The summed E-state index contributed by atoms with van der Waals surface area (Å²) < 4.78 is 25.1. The van der Waals surface area contributed by atoms with Gasteiger partial charge in [0.1, 0.15) is 0 Å². The van der Waals surface area contributed by atoms with Gasteiger partial charge in [-0.1, -0.05) is 30.3 Å². The van der Waals surface area contributed by atoms with E-state index in [0.29, 0.717) is 13.0 Å². The monoisotopic (exact) mass is 370 g/mol. The number of para-hydroxylation sites is 1. The van der Waals surface area contributed by atoms with Crippen LogP contribution in [-0.2, 0) is 21.2 Å². The molecule has 2 aromatic carbocycles. The Morgan fingerprint density at radius 1 is 1.08 bits per heavy atom. The minimum atomic E-state index is -3.21. The highest BCUT2D eigenvalue weighted by atomic mass is 32.2. The van der Waals surface area contributed by atoms with E-state index in [0.717, 1.165) is 16.5 Å². The predicted octanol–water partition coefficient (Wildman–Crippen LogP) is 3.31. The summed E-state index contributed by atoms with van der Waals surface area (Å²) in [5.74, 6) is -0.0394. The van der Waals surface area contributed by atoms with Crippen molar-refractivity contribution in [1.29, 1.82) is 0 Å². The van der Waals surface area contributed by atoms with Gasteiger partial charge >= 0.3 is 0 Å². The highest BCUT2D eigenvalue weighted by Crippen LogP contribution is 2.17. The summed E-state index contributed by atoms with van der Waals surface area (Å²) in [6.45, 7) is 2.50. The predicted molar refractivity (Wildman–Crippen MR) is 103 cm³/mol. The van der Waals surface area contributed by atoms with Gasteiger partial charge in [0.15, 0.2) is 9.84 Å². The van der Waals surface area contributed by atoms with Crippen LogP contribution in [0.3, 0.4) is 0 Å². The van der Waals surface area contributed by atoms with Crippen LogP contribution >= 0.6 is 0 Å². The quantitative estimate of drug-likeness (QED) is 0.724. The van der Waals surface area contributed by atoms with Crippen LogP contribution in [0.5, 0.6) is 0 Å². The number of benzene rings is 2. The fourth-order valence-electron chi connectivity index (χ4n) is 2.96. The number of aryl methyl sites for hydroxylation is 1. The average Bonchev–Trinajstić information content (AvgIpc) is 3.02. The van der Waals surface area contributed by atoms with Crippen LogP contribution in [0.4, 0.5) is 0 Å². The van der Waals surface area contributed by atoms with Gasteiger partial charge in [0.25, 0.3) is 0 Å². The number of carbonyl (C=O) groups excluding carboxylic acids is 1. The van der Waals surface area contributed by atoms with Crippen molar-refractivity contribution in [3.8, 4) is 0 Å². The summed E-state index contributed by atoms with van der Waals surface area (Å²) in [6, 6.07) is 16.5. The smallest absolute Gasteiger partial charge is 0.222 e. The van der Waals surface area contributed by atoms with Crippen molar-refractivity contribution in [2.75, 3.05) is 6.26 Å². The van der Waals surface area contributed by atoms with Gasteiger partial charge in [0.2, 0.25) is 5.91 Å². The standard InChI is InChI=1S/C20H22N2O3S/c1-15(16-7-9-18(10-8-16)26(2,24)25)21-20(23)12-14-22-13-11-17-5-3-4-6-19(17)22/h3-11,13,15H,12,14H2,1-2H3,(H,21,23)/t15-/m1/s1. The molecule has 136 valence electrons. The molecule has 0 bridgehead atoms. The van der Waals surface area contributed by atoms with Crippen molar-refractivity contribution in [2.24, 2.45) is 0 Å². The van der Waals surface area contributed by atoms with Gasteiger partial charge in [0, 0.05) is 30.9 Å². The maximum absolute atomic E-state index is 12.3. The number of fused-ring (bicyclic) bond motifs is 1. The van der Waals surface area contributed by atoms with Crippen LogP contribution in [0.2, 0.25) is 0 Å². The largest absolute Gasteiger partial charge is 0.350 e.